The minimum Gasteiger partial charge on any atom is -0.354 e. The van der Waals surface area contributed by atoms with E-state index in [1.807, 2.05) is 0 Å². The van der Waals surface area contributed by atoms with Crippen molar-refractivity contribution in [3.8, 4) is 0 Å². The van der Waals surface area contributed by atoms with Crippen molar-refractivity contribution in [3.63, 3.8) is 0 Å². The number of nitrogens with zero attached hydrogens (tertiary/aromatic N) is 5. The van der Waals surface area contributed by atoms with Crippen molar-refractivity contribution in [1.82, 2.24) is 19.7 Å². The molecule has 1 aliphatic carbocycles. The molecule has 1 saturated heterocycles. The quantitative estimate of drug-likeness (QED) is 0.933. The Bertz CT molecular complexity index is 823. The molecule has 4 rings (SSSR count). The minimum atomic E-state index is -2.31. The van der Waals surface area contributed by atoms with Crippen molar-refractivity contribution < 1.29 is 4.11 Å². The lowest BCUT2D eigenvalue weighted by molar-refractivity contribution is 0.307. The molecule has 1 N–H and O–H groups in total. The molecular weight excluding hydrogens is 312 g/mol. The van der Waals surface area contributed by atoms with Crippen LogP contribution in [0, 0.1) is 11.3 Å². The highest BCUT2D eigenvalue weighted by molar-refractivity contribution is 6.32. The van der Waals surface area contributed by atoms with Crippen LogP contribution < -0.4 is 10.2 Å². The summed E-state index contributed by atoms with van der Waals surface area (Å²) in [5.74, 6) is 1.78. The number of anilines is 3. The van der Waals surface area contributed by atoms with Gasteiger partial charge in [-0.15, -0.1) is 0 Å². The third-order valence-corrected chi connectivity index (χ3v) is 5.41. The van der Waals surface area contributed by atoms with Gasteiger partial charge in [0.1, 0.15) is 5.02 Å². The molecule has 2 aromatic heterocycles. The highest BCUT2D eigenvalue weighted by atomic mass is 35.5. The minimum absolute atomic E-state index is 0.336. The van der Waals surface area contributed by atoms with E-state index < -0.39 is 6.98 Å². The van der Waals surface area contributed by atoms with Crippen molar-refractivity contribution in [1.29, 1.82) is 0 Å². The Kier molecular flexibility index (Phi) is 2.73. The summed E-state index contributed by atoms with van der Waals surface area (Å²) in [6.07, 6.45) is 8.23. The molecule has 0 radical (unpaired) electrons. The summed E-state index contributed by atoms with van der Waals surface area (Å²) in [5, 5.41) is 7.38. The zero-order valence-electron chi connectivity index (χ0n) is 16.0. The van der Waals surface area contributed by atoms with E-state index in [9.17, 15) is 0 Å². The van der Waals surface area contributed by atoms with Crippen LogP contribution in [0.2, 0.25) is 5.02 Å². The van der Waals surface area contributed by atoms with Crippen LogP contribution in [-0.2, 0) is 6.98 Å². The van der Waals surface area contributed by atoms with Gasteiger partial charge in [-0.05, 0) is 24.2 Å². The standard InChI is InChI=1S/C16H21ClN6/c1-16-5-3-4-11(16)8-23(10-16)14-13(17)7-18-15(21-14)20-12-6-19-22(2)9-12/h6-7,9,11H,3-5,8,10H2,1-2H3,(H,18,20,21)/t11-,16+/m0/s1/i2D3. The topological polar surface area (TPSA) is 58.9 Å². The summed E-state index contributed by atoms with van der Waals surface area (Å²) in [5.41, 5.74) is 0.850. The number of halogens is 1. The summed E-state index contributed by atoms with van der Waals surface area (Å²) >= 11 is 6.36. The summed E-state index contributed by atoms with van der Waals surface area (Å²) in [6.45, 7) is 1.95. The Morgan fingerprint density at radius 1 is 1.48 bits per heavy atom. The summed E-state index contributed by atoms with van der Waals surface area (Å²) in [7, 11) is 0. The normalized spacial score (nSPS) is 29.0. The molecule has 0 bridgehead atoms. The molecule has 2 aromatic rings. The van der Waals surface area contributed by atoms with Crippen LogP contribution in [0.4, 0.5) is 17.5 Å². The van der Waals surface area contributed by atoms with E-state index in [1.165, 1.54) is 31.7 Å². The molecule has 6 nitrogen and oxygen atoms in total. The molecule has 23 heavy (non-hydrogen) atoms. The zero-order valence-corrected chi connectivity index (χ0v) is 13.7. The predicted octanol–water partition coefficient (Wildman–Crippen LogP) is 3.23. The van der Waals surface area contributed by atoms with Gasteiger partial charge in [0.05, 0.1) is 18.1 Å². The number of fused-ring (bicyclic) bond motifs is 1. The number of hydrogen-bond acceptors (Lipinski definition) is 5. The van der Waals surface area contributed by atoms with Crippen LogP contribution in [-0.4, -0.2) is 32.8 Å². The van der Waals surface area contributed by atoms with Crippen LogP contribution in [0.15, 0.2) is 18.6 Å². The third kappa shape index (κ3) is 2.65. The second-order valence-corrected chi connectivity index (χ2v) is 7.19. The second kappa shape index (κ2) is 5.37. The lowest BCUT2D eigenvalue weighted by Crippen LogP contribution is -2.25. The number of aryl methyl sites for hydroxylation is 1. The van der Waals surface area contributed by atoms with Gasteiger partial charge in [-0.25, -0.2) is 4.98 Å². The molecule has 0 unspecified atom stereocenters. The fourth-order valence-electron chi connectivity index (χ4n) is 3.91. The Morgan fingerprint density at radius 2 is 2.39 bits per heavy atom. The molecular formula is C16H21ClN6. The maximum absolute atomic E-state index is 7.37. The van der Waals surface area contributed by atoms with Crippen molar-refractivity contribution in [3.05, 3.63) is 23.6 Å². The van der Waals surface area contributed by atoms with Crippen LogP contribution in [0.1, 0.15) is 30.3 Å². The number of hydrogen-bond donors (Lipinski definition) is 1. The Labute approximate surface area is 145 Å². The fourth-order valence-corrected chi connectivity index (χ4v) is 4.12. The first-order valence-corrected chi connectivity index (χ1v) is 8.22. The zero-order chi connectivity index (χ0) is 18.5. The summed E-state index contributed by atoms with van der Waals surface area (Å²) < 4.78 is 23.0. The first-order chi connectivity index (χ1) is 12.2. The van der Waals surface area contributed by atoms with E-state index in [2.05, 4.69) is 32.2 Å². The van der Waals surface area contributed by atoms with Crippen LogP contribution in [0.25, 0.3) is 0 Å². The van der Waals surface area contributed by atoms with Crippen molar-refractivity contribution in [2.45, 2.75) is 26.2 Å². The van der Waals surface area contributed by atoms with Gasteiger partial charge >= 0.3 is 0 Å². The third-order valence-electron chi connectivity index (χ3n) is 5.14. The Balaban J connectivity index is 1.54. The molecule has 0 spiro atoms. The van der Waals surface area contributed by atoms with Gasteiger partial charge < -0.3 is 10.2 Å². The van der Waals surface area contributed by atoms with E-state index in [-0.39, 0.29) is 0 Å². The first kappa shape index (κ1) is 11.7. The van der Waals surface area contributed by atoms with Crippen molar-refractivity contribution >= 4 is 29.1 Å². The van der Waals surface area contributed by atoms with Gasteiger partial charge in [-0.1, -0.05) is 24.9 Å². The number of nitrogens with one attached hydrogen (secondary N) is 1. The predicted molar refractivity (Wildman–Crippen MR) is 91.2 cm³/mol. The van der Waals surface area contributed by atoms with Crippen LogP contribution in [0.3, 0.4) is 0 Å². The van der Waals surface area contributed by atoms with Gasteiger partial charge in [0.25, 0.3) is 0 Å². The largest absolute Gasteiger partial charge is 0.354 e. The average molecular weight is 336 g/mol. The average Bonchev–Trinajstić information content (AvgIpc) is 3.22. The molecule has 3 heterocycles. The van der Waals surface area contributed by atoms with E-state index in [4.69, 9.17) is 15.7 Å². The Hall–Kier alpha value is -1.82. The van der Waals surface area contributed by atoms with Gasteiger partial charge in [-0.3, -0.25) is 4.68 Å². The Morgan fingerprint density at radius 3 is 3.17 bits per heavy atom. The molecule has 2 atom stereocenters. The van der Waals surface area contributed by atoms with E-state index in [0.717, 1.165) is 23.6 Å². The van der Waals surface area contributed by atoms with Crippen LogP contribution >= 0.6 is 11.6 Å². The molecule has 0 aromatic carbocycles. The van der Waals surface area contributed by atoms with Gasteiger partial charge in [0.2, 0.25) is 5.95 Å². The van der Waals surface area contributed by atoms with Crippen molar-refractivity contribution in [2.24, 2.45) is 18.3 Å². The van der Waals surface area contributed by atoms with Crippen molar-refractivity contribution in [2.75, 3.05) is 23.3 Å². The molecule has 0 amide bonds. The summed E-state index contributed by atoms with van der Waals surface area (Å²) in [6, 6.07) is 0. The summed E-state index contributed by atoms with van der Waals surface area (Å²) in [4.78, 5) is 11.0. The molecule has 122 valence electrons. The molecule has 2 fully saturated rings. The maximum Gasteiger partial charge on any atom is 0.229 e. The lowest BCUT2D eigenvalue weighted by Gasteiger charge is -2.24. The smallest absolute Gasteiger partial charge is 0.229 e. The van der Waals surface area contributed by atoms with E-state index in [1.54, 1.807) is 6.20 Å². The second-order valence-electron chi connectivity index (χ2n) is 6.79. The molecule has 7 heteroatoms. The highest BCUT2D eigenvalue weighted by Gasteiger charge is 2.46. The lowest BCUT2D eigenvalue weighted by atomic mass is 9.83. The first-order valence-electron chi connectivity index (χ1n) is 9.34. The maximum atomic E-state index is 7.37. The highest BCUT2D eigenvalue weighted by Crippen LogP contribution is 2.49. The van der Waals surface area contributed by atoms with E-state index in [0.29, 0.717) is 28.0 Å². The number of rotatable bonds is 3. The monoisotopic (exact) mass is 335 g/mol. The molecule has 1 saturated carbocycles. The molecule has 1 aliphatic heterocycles. The van der Waals surface area contributed by atoms with Crippen LogP contribution in [0.5, 0.6) is 0 Å². The SMILES string of the molecule is [2H]C([2H])([2H])n1cc(Nc2ncc(Cl)c(N3C[C@@H]4CCC[C@]4(C)C3)n2)cn1. The van der Waals surface area contributed by atoms with Gasteiger partial charge in [0, 0.05) is 30.4 Å². The molecule has 2 aliphatic rings. The van der Waals surface area contributed by atoms with Gasteiger partial charge in [-0.2, -0.15) is 10.1 Å². The van der Waals surface area contributed by atoms with E-state index >= 15 is 0 Å². The number of aromatic nitrogens is 4. The van der Waals surface area contributed by atoms with Gasteiger partial charge in [0.15, 0.2) is 5.82 Å². The fraction of sp³-hybridized carbons (Fsp3) is 0.562.